The van der Waals surface area contributed by atoms with Crippen molar-refractivity contribution in [2.45, 2.75) is 82.6 Å². The molecule has 2 aromatic rings. The largest absolute Gasteiger partial charge is 0.490 e. The number of rotatable bonds is 1. The Morgan fingerprint density at radius 2 is 1.90 bits per heavy atom. The van der Waals surface area contributed by atoms with Gasteiger partial charge in [0.1, 0.15) is 11.5 Å². The molecule has 2 heterocycles. The monoisotopic (exact) mass is 598 g/mol. The summed E-state index contributed by atoms with van der Waals surface area (Å²) in [6, 6.07) is 11.5. The number of carbonyl (C=O) groups excluding carboxylic acids is 2. The second-order valence-corrected chi connectivity index (χ2v) is 14.7. The predicted octanol–water partition coefficient (Wildman–Crippen LogP) is 5.82. The van der Waals surface area contributed by atoms with Crippen LogP contribution in [0.25, 0.3) is 0 Å². The molecule has 9 heteroatoms. The zero-order chi connectivity index (χ0) is 28.8. The Morgan fingerprint density at radius 1 is 1.05 bits per heavy atom. The molecule has 0 saturated heterocycles. The predicted molar refractivity (Wildman–Crippen MR) is 160 cm³/mol. The van der Waals surface area contributed by atoms with Gasteiger partial charge in [-0.2, -0.15) is 0 Å². The Kier molecular flexibility index (Phi) is 7.83. The zero-order valence-electron chi connectivity index (χ0n) is 23.7. The number of aryl methyl sites for hydroxylation is 1. The van der Waals surface area contributed by atoms with E-state index in [0.717, 1.165) is 49.2 Å². The quantitative estimate of drug-likeness (QED) is 0.445. The lowest BCUT2D eigenvalue weighted by atomic mass is 9.65. The van der Waals surface area contributed by atoms with Gasteiger partial charge in [-0.1, -0.05) is 31.0 Å². The average molecular weight is 599 g/mol. The van der Waals surface area contributed by atoms with E-state index in [1.807, 2.05) is 6.07 Å². The molecule has 41 heavy (non-hydrogen) atoms. The van der Waals surface area contributed by atoms with E-state index in [9.17, 15) is 18.0 Å². The fourth-order valence-electron chi connectivity index (χ4n) is 7.67. The normalized spacial score (nSPS) is 29.8. The average Bonchev–Trinajstić information content (AvgIpc) is 3.07. The van der Waals surface area contributed by atoms with Crippen molar-refractivity contribution in [3.63, 3.8) is 0 Å². The fourth-order valence-corrected chi connectivity index (χ4v) is 8.95. The van der Waals surface area contributed by atoms with Gasteiger partial charge in [0.05, 0.1) is 18.0 Å². The van der Waals surface area contributed by atoms with E-state index < -0.39 is 15.9 Å². The molecule has 1 amide bonds. The Hall–Kier alpha value is -2.58. The summed E-state index contributed by atoms with van der Waals surface area (Å²) in [5.41, 5.74) is 3.32. The number of nitrogens with zero attached hydrogens (tertiary/aromatic N) is 1. The number of fused-ring (bicyclic) bond motifs is 4. The Morgan fingerprint density at radius 3 is 2.68 bits per heavy atom. The minimum absolute atomic E-state index is 0.0177. The number of ketones is 1. The first-order valence-corrected chi connectivity index (χ1v) is 17.1. The summed E-state index contributed by atoms with van der Waals surface area (Å²) in [6.07, 6.45) is 7.92. The van der Waals surface area contributed by atoms with Gasteiger partial charge in [0, 0.05) is 40.9 Å². The minimum Gasteiger partial charge on any atom is -0.490 e. The maximum Gasteiger partial charge on any atom is 0.264 e. The van der Waals surface area contributed by atoms with Crippen molar-refractivity contribution in [3.05, 3.63) is 58.1 Å². The number of hydrogen-bond acceptors (Lipinski definition) is 6. The van der Waals surface area contributed by atoms with Gasteiger partial charge in [-0.05, 0) is 98.7 Å². The van der Waals surface area contributed by atoms with E-state index in [-0.39, 0.29) is 34.6 Å². The van der Waals surface area contributed by atoms with Crippen molar-refractivity contribution in [2.75, 3.05) is 23.8 Å². The van der Waals surface area contributed by atoms with Crippen molar-refractivity contribution in [1.82, 2.24) is 4.72 Å². The number of sulfonamides is 1. The van der Waals surface area contributed by atoms with E-state index in [1.165, 1.54) is 11.1 Å². The van der Waals surface area contributed by atoms with Crippen molar-refractivity contribution >= 4 is 39.0 Å². The second kappa shape index (κ2) is 11.3. The van der Waals surface area contributed by atoms with Crippen LogP contribution in [0.4, 0.5) is 5.69 Å². The summed E-state index contributed by atoms with van der Waals surface area (Å²) in [7, 11) is -3.79. The summed E-state index contributed by atoms with van der Waals surface area (Å²) < 4.78 is 34.2. The molecular formula is C32H39ClN2O5S. The van der Waals surface area contributed by atoms with Crippen LogP contribution < -0.4 is 14.4 Å². The smallest absolute Gasteiger partial charge is 0.264 e. The molecule has 2 bridgehead atoms. The van der Waals surface area contributed by atoms with E-state index in [1.54, 1.807) is 18.2 Å². The first kappa shape index (κ1) is 28.5. The van der Waals surface area contributed by atoms with Crippen molar-refractivity contribution in [2.24, 2.45) is 11.8 Å². The molecular weight excluding hydrogens is 560 g/mol. The number of amides is 1. The van der Waals surface area contributed by atoms with Gasteiger partial charge in [-0.25, -0.2) is 13.1 Å². The molecule has 220 valence electrons. The maximum atomic E-state index is 13.4. The van der Waals surface area contributed by atoms with Crippen LogP contribution >= 0.6 is 11.6 Å². The Labute approximate surface area is 248 Å². The van der Waals surface area contributed by atoms with E-state index >= 15 is 0 Å². The number of carbonyl (C=O) groups is 2. The first-order chi connectivity index (χ1) is 19.7. The SMILES string of the molecule is CCC1[C@@H]2CC[C@H]2C(=O)CCCCCS(=O)(=O)NC(=O)c2ccc3c(c2)N1C[C@@]1(CCCc2cc(Cl)ccc21)CO3. The number of benzene rings is 2. The molecule has 1 saturated carbocycles. The number of anilines is 1. The van der Waals surface area contributed by atoms with Crippen LogP contribution in [-0.2, 0) is 26.7 Å². The molecule has 0 aromatic heterocycles. The number of halogens is 1. The van der Waals surface area contributed by atoms with Crippen LogP contribution in [0, 0.1) is 11.8 Å². The lowest BCUT2D eigenvalue weighted by molar-refractivity contribution is -0.128. The Balaban J connectivity index is 1.47. The summed E-state index contributed by atoms with van der Waals surface area (Å²) in [4.78, 5) is 29.0. The zero-order valence-corrected chi connectivity index (χ0v) is 25.2. The molecule has 1 unspecified atom stereocenters. The molecule has 2 aromatic carbocycles. The molecule has 7 nitrogen and oxygen atoms in total. The summed E-state index contributed by atoms with van der Waals surface area (Å²) in [5, 5.41) is 0.733. The topological polar surface area (TPSA) is 92.8 Å². The third-order valence-corrected chi connectivity index (χ3v) is 11.4. The summed E-state index contributed by atoms with van der Waals surface area (Å²) >= 11 is 6.40. The third kappa shape index (κ3) is 5.50. The van der Waals surface area contributed by atoms with Gasteiger partial charge in [0.15, 0.2) is 0 Å². The molecule has 2 aliphatic heterocycles. The molecule has 6 rings (SSSR count). The molecule has 0 radical (unpaired) electrons. The van der Waals surface area contributed by atoms with Crippen LogP contribution in [0.15, 0.2) is 36.4 Å². The van der Waals surface area contributed by atoms with Gasteiger partial charge in [-0.15, -0.1) is 0 Å². The molecule has 4 aliphatic rings. The van der Waals surface area contributed by atoms with Crippen LogP contribution in [0.1, 0.15) is 86.2 Å². The van der Waals surface area contributed by atoms with Crippen molar-refractivity contribution < 1.29 is 22.7 Å². The minimum atomic E-state index is -3.79. The number of hydrogen-bond donors (Lipinski definition) is 1. The van der Waals surface area contributed by atoms with E-state index in [0.29, 0.717) is 50.4 Å². The number of nitrogens with one attached hydrogen (secondary N) is 1. The van der Waals surface area contributed by atoms with Crippen LogP contribution in [-0.4, -0.2) is 45.1 Å². The second-order valence-electron chi connectivity index (χ2n) is 12.4. The summed E-state index contributed by atoms with van der Waals surface area (Å²) in [5.74, 6) is 0.475. The van der Waals surface area contributed by atoms with E-state index in [2.05, 4.69) is 28.7 Å². The van der Waals surface area contributed by atoms with Gasteiger partial charge < -0.3 is 9.64 Å². The molecule has 4 atom stereocenters. The van der Waals surface area contributed by atoms with Gasteiger partial charge in [0.25, 0.3) is 5.91 Å². The number of Topliss-reactive ketones (excluding diaryl/α,β-unsaturated/α-hetero) is 1. The van der Waals surface area contributed by atoms with Gasteiger partial charge in [-0.3, -0.25) is 9.59 Å². The van der Waals surface area contributed by atoms with Gasteiger partial charge in [0.2, 0.25) is 10.0 Å². The summed E-state index contributed by atoms with van der Waals surface area (Å²) in [6.45, 7) is 3.36. The molecule has 2 aliphatic carbocycles. The number of ether oxygens (including phenoxy) is 1. The molecule has 1 spiro atoms. The highest BCUT2D eigenvalue weighted by Gasteiger charge is 2.47. The lowest BCUT2D eigenvalue weighted by Gasteiger charge is -2.49. The van der Waals surface area contributed by atoms with Crippen LogP contribution in [0.2, 0.25) is 5.02 Å². The third-order valence-electron chi connectivity index (χ3n) is 9.89. The highest BCUT2D eigenvalue weighted by Crippen LogP contribution is 2.49. The standard InChI is InChI=1S/C32H39ClN2O5S/c1-2-27-24-11-12-25(24)29(36)8-4-3-5-16-41(38,39)34-31(37)22-9-14-30-28(18-22)35(27)19-32(20-40-30)15-6-7-21-17-23(33)10-13-26(21)32/h9-10,13-14,17-18,24-25,27H,2-8,11-12,15-16,19-20H2,1H3,(H,34,37)/t24-,25-,27?,32+/m1/s1. The van der Waals surface area contributed by atoms with E-state index in [4.69, 9.17) is 16.3 Å². The van der Waals surface area contributed by atoms with Gasteiger partial charge >= 0.3 is 0 Å². The van der Waals surface area contributed by atoms with Crippen LogP contribution in [0.5, 0.6) is 5.75 Å². The first-order valence-electron chi connectivity index (χ1n) is 15.1. The van der Waals surface area contributed by atoms with Crippen LogP contribution in [0.3, 0.4) is 0 Å². The molecule has 1 fully saturated rings. The van der Waals surface area contributed by atoms with Crippen molar-refractivity contribution in [1.29, 1.82) is 0 Å². The lowest BCUT2D eigenvalue weighted by Crippen LogP contribution is -2.54. The fraction of sp³-hybridized carbons (Fsp3) is 0.562. The Bertz CT molecular complexity index is 1460. The highest BCUT2D eigenvalue weighted by molar-refractivity contribution is 7.90. The highest BCUT2D eigenvalue weighted by atomic mass is 35.5. The van der Waals surface area contributed by atoms with Crippen molar-refractivity contribution in [3.8, 4) is 5.75 Å². The molecule has 1 N–H and O–H groups in total. The maximum absolute atomic E-state index is 13.4.